The summed E-state index contributed by atoms with van der Waals surface area (Å²) in [6, 6.07) is 14.2. The number of piperazine rings is 1. The molecule has 142 valence electrons. The molecule has 0 spiro atoms. The number of carbonyl (C=O) groups excluding carboxylic acids is 2. The zero-order valence-corrected chi connectivity index (χ0v) is 16.3. The first kappa shape index (κ1) is 17.4. The van der Waals surface area contributed by atoms with Crippen LogP contribution in [-0.2, 0) is 11.2 Å². The molecule has 1 fully saturated rings. The van der Waals surface area contributed by atoms with Crippen molar-refractivity contribution in [2.24, 2.45) is 0 Å². The van der Waals surface area contributed by atoms with Gasteiger partial charge in [0.05, 0.1) is 13.0 Å². The molecule has 0 radical (unpaired) electrons. The molecule has 1 N–H and O–H groups in total. The van der Waals surface area contributed by atoms with Crippen molar-refractivity contribution in [2.45, 2.75) is 6.42 Å². The summed E-state index contributed by atoms with van der Waals surface area (Å²) in [5, 5.41) is 6.27. The number of hydrogen-bond donors (Lipinski definition) is 1. The van der Waals surface area contributed by atoms with Crippen molar-refractivity contribution in [1.29, 1.82) is 0 Å². The lowest BCUT2D eigenvalue weighted by atomic mass is 10.0. The lowest BCUT2D eigenvalue weighted by molar-refractivity contribution is -0.115. The third-order valence-electron chi connectivity index (χ3n) is 5.61. The van der Waals surface area contributed by atoms with Gasteiger partial charge in [0.2, 0.25) is 5.91 Å². The summed E-state index contributed by atoms with van der Waals surface area (Å²) in [6.07, 6.45) is 0.364. The fraction of sp³-hybridized carbons (Fsp3) is 0.273. The Kier molecular flexibility index (Phi) is 4.37. The second-order valence-corrected chi connectivity index (χ2v) is 8.34. The maximum Gasteiger partial charge on any atom is 0.228 e. The smallest absolute Gasteiger partial charge is 0.228 e. The molecular formula is C22H21N3O2S. The molecule has 0 atom stereocenters. The van der Waals surface area contributed by atoms with Gasteiger partial charge in [0.15, 0.2) is 5.78 Å². The SMILES string of the molecule is O=C1Cc2cc(C(=O)CN3CCN(c4cccc5sccc45)CC3)ccc2N1. The molecule has 2 aliphatic rings. The number of fused-ring (bicyclic) bond motifs is 2. The Morgan fingerprint density at radius 2 is 1.93 bits per heavy atom. The Bertz CT molecular complexity index is 1070. The van der Waals surface area contributed by atoms with Crippen molar-refractivity contribution in [3.8, 4) is 0 Å². The van der Waals surface area contributed by atoms with Crippen molar-refractivity contribution in [1.82, 2.24) is 4.90 Å². The van der Waals surface area contributed by atoms with Crippen molar-refractivity contribution < 1.29 is 9.59 Å². The van der Waals surface area contributed by atoms with Crippen LogP contribution < -0.4 is 10.2 Å². The first-order valence-electron chi connectivity index (χ1n) is 9.57. The van der Waals surface area contributed by atoms with Crippen molar-refractivity contribution in [3.05, 3.63) is 59.0 Å². The second-order valence-electron chi connectivity index (χ2n) is 7.39. The third-order valence-corrected chi connectivity index (χ3v) is 6.49. The molecular weight excluding hydrogens is 370 g/mol. The molecule has 1 saturated heterocycles. The van der Waals surface area contributed by atoms with Crippen molar-refractivity contribution in [3.63, 3.8) is 0 Å². The van der Waals surface area contributed by atoms with E-state index in [1.54, 1.807) is 11.3 Å². The molecule has 1 amide bonds. The summed E-state index contributed by atoms with van der Waals surface area (Å²) in [4.78, 5) is 28.9. The first-order chi connectivity index (χ1) is 13.7. The maximum atomic E-state index is 12.7. The van der Waals surface area contributed by atoms with E-state index < -0.39 is 0 Å². The van der Waals surface area contributed by atoms with Crippen LogP contribution in [0.15, 0.2) is 47.8 Å². The van der Waals surface area contributed by atoms with Gasteiger partial charge in [-0.15, -0.1) is 11.3 Å². The number of benzene rings is 2. The normalized spacial score (nSPS) is 17.0. The highest BCUT2D eigenvalue weighted by molar-refractivity contribution is 7.17. The Morgan fingerprint density at radius 3 is 2.79 bits per heavy atom. The molecule has 28 heavy (non-hydrogen) atoms. The molecule has 2 aliphatic heterocycles. The highest BCUT2D eigenvalue weighted by Crippen LogP contribution is 2.31. The van der Waals surface area contributed by atoms with E-state index in [0.717, 1.165) is 37.4 Å². The molecule has 2 aromatic carbocycles. The monoisotopic (exact) mass is 391 g/mol. The van der Waals surface area contributed by atoms with E-state index in [1.165, 1.54) is 15.8 Å². The molecule has 0 saturated carbocycles. The predicted molar refractivity (Wildman–Crippen MR) is 114 cm³/mol. The van der Waals surface area contributed by atoms with E-state index in [4.69, 9.17) is 0 Å². The molecule has 1 aromatic heterocycles. The molecule has 6 heteroatoms. The fourth-order valence-electron chi connectivity index (χ4n) is 4.10. The largest absolute Gasteiger partial charge is 0.368 e. The van der Waals surface area contributed by atoms with E-state index in [0.29, 0.717) is 18.5 Å². The second kappa shape index (κ2) is 7.04. The minimum atomic E-state index is -0.00337. The third kappa shape index (κ3) is 3.19. The van der Waals surface area contributed by atoms with E-state index in [2.05, 4.69) is 44.8 Å². The summed E-state index contributed by atoms with van der Waals surface area (Å²) in [6.45, 7) is 4.01. The van der Waals surface area contributed by atoms with Crippen LogP contribution >= 0.6 is 11.3 Å². The van der Waals surface area contributed by atoms with Gasteiger partial charge < -0.3 is 10.2 Å². The van der Waals surface area contributed by atoms with Gasteiger partial charge in [0, 0.05) is 53.2 Å². The number of Topliss-reactive ketones (excluding diaryl/α,β-unsaturated/α-hetero) is 1. The highest BCUT2D eigenvalue weighted by atomic mass is 32.1. The van der Waals surface area contributed by atoms with Crippen LogP contribution in [0.3, 0.4) is 0 Å². The zero-order valence-electron chi connectivity index (χ0n) is 15.5. The van der Waals surface area contributed by atoms with E-state index in [9.17, 15) is 9.59 Å². The fourth-order valence-corrected chi connectivity index (χ4v) is 4.91. The minimum Gasteiger partial charge on any atom is -0.368 e. The molecule has 0 bridgehead atoms. The number of carbonyl (C=O) groups is 2. The van der Waals surface area contributed by atoms with Crippen LogP contribution in [0.1, 0.15) is 15.9 Å². The highest BCUT2D eigenvalue weighted by Gasteiger charge is 2.23. The predicted octanol–water partition coefficient (Wildman–Crippen LogP) is 3.40. The summed E-state index contributed by atoms with van der Waals surface area (Å²) in [7, 11) is 0. The van der Waals surface area contributed by atoms with Gasteiger partial charge in [-0.3, -0.25) is 14.5 Å². The lowest BCUT2D eigenvalue weighted by Crippen LogP contribution is -2.48. The molecule has 0 aliphatic carbocycles. The van der Waals surface area contributed by atoms with Crippen LogP contribution in [0.5, 0.6) is 0 Å². The summed E-state index contributed by atoms with van der Waals surface area (Å²) < 4.78 is 1.32. The Hall–Kier alpha value is -2.70. The number of anilines is 2. The van der Waals surface area contributed by atoms with Gasteiger partial charge in [-0.2, -0.15) is 0 Å². The van der Waals surface area contributed by atoms with Crippen LogP contribution in [0, 0.1) is 0 Å². The number of nitrogens with one attached hydrogen (secondary N) is 1. The van der Waals surface area contributed by atoms with E-state index >= 15 is 0 Å². The average Bonchev–Trinajstić information content (AvgIpc) is 3.33. The topological polar surface area (TPSA) is 52.7 Å². The Balaban J connectivity index is 1.23. The summed E-state index contributed by atoms with van der Waals surface area (Å²) in [5.41, 5.74) is 3.74. The van der Waals surface area contributed by atoms with E-state index in [-0.39, 0.29) is 11.7 Å². The van der Waals surface area contributed by atoms with E-state index in [1.807, 2.05) is 18.2 Å². The Labute approximate surface area is 167 Å². The van der Waals surface area contributed by atoms with Gasteiger partial charge in [0.25, 0.3) is 0 Å². The van der Waals surface area contributed by atoms with Gasteiger partial charge >= 0.3 is 0 Å². The molecule has 0 unspecified atom stereocenters. The number of thiophene rings is 1. The first-order valence-corrected chi connectivity index (χ1v) is 10.4. The van der Waals surface area contributed by atoms with Crippen LogP contribution in [-0.4, -0.2) is 49.3 Å². The van der Waals surface area contributed by atoms with Crippen molar-refractivity contribution >= 4 is 44.5 Å². The summed E-state index contributed by atoms with van der Waals surface area (Å²) >= 11 is 1.77. The summed E-state index contributed by atoms with van der Waals surface area (Å²) in [5.74, 6) is 0.117. The van der Waals surface area contributed by atoms with Gasteiger partial charge in [-0.1, -0.05) is 6.07 Å². The lowest BCUT2D eigenvalue weighted by Gasteiger charge is -2.36. The quantitative estimate of drug-likeness (QED) is 0.693. The number of ketones is 1. The molecule has 5 nitrogen and oxygen atoms in total. The zero-order chi connectivity index (χ0) is 19.1. The number of amides is 1. The number of hydrogen-bond acceptors (Lipinski definition) is 5. The van der Waals surface area contributed by atoms with Crippen LogP contribution in [0.2, 0.25) is 0 Å². The number of nitrogens with zero attached hydrogens (tertiary/aromatic N) is 2. The molecule has 3 heterocycles. The van der Waals surface area contributed by atoms with Crippen molar-refractivity contribution in [2.75, 3.05) is 42.9 Å². The average molecular weight is 391 g/mol. The standard InChI is InChI=1S/C22H21N3O2S/c26-20(15-4-5-18-16(12-15)13-22(27)23-18)14-24-7-9-25(10-8-24)19-2-1-3-21-17(19)6-11-28-21/h1-6,11-12H,7-10,13-14H2,(H,23,27). The van der Waals surface area contributed by atoms with Crippen LogP contribution in [0.25, 0.3) is 10.1 Å². The van der Waals surface area contributed by atoms with Gasteiger partial charge in [-0.05, 0) is 47.3 Å². The molecule has 5 rings (SSSR count). The number of rotatable bonds is 4. The van der Waals surface area contributed by atoms with Gasteiger partial charge in [-0.25, -0.2) is 0 Å². The van der Waals surface area contributed by atoms with Crippen LogP contribution in [0.4, 0.5) is 11.4 Å². The molecule has 3 aromatic rings. The Morgan fingerprint density at radius 1 is 1.07 bits per heavy atom. The minimum absolute atomic E-state index is 0.00337. The maximum absolute atomic E-state index is 12.7. The van der Waals surface area contributed by atoms with Gasteiger partial charge in [0.1, 0.15) is 0 Å².